The lowest BCUT2D eigenvalue weighted by molar-refractivity contribution is -0.908. The van der Waals surface area contributed by atoms with E-state index in [2.05, 4.69) is 10.3 Å². The predicted molar refractivity (Wildman–Crippen MR) is 119 cm³/mol. The van der Waals surface area contributed by atoms with Gasteiger partial charge >= 0.3 is 0 Å². The molecular weight excluding hydrogens is 398 g/mol. The van der Waals surface area contributed by atoms with Crippen molar-refractivity contribution < 1.29 is 14.4 Å². The number of rotatable bonds is 5. The number of hydrogen-bond acceptors (Lipinski definition) is 4. The van der Waals surface area contributed by atoms with Gasteiger partial charge in [-0.2, -0.15) is 0 Å². The molecule has 1 aliphatic heterocycles. The molecule has 0 unspecified atom stereocenters. The summed E-state index contributed by atoms with van der Waals surface area (Å²) in [4.78, 5) is 22.2. The van der Waals surface area contributed by atoms with Crippen LogP contribution in [0.2, 0.25) is 0 Å². The highest BCUT2D eigenvalue weighted by Gasteiger charge is 2.14. The normalized spacial score (nSPS) is 15.2. The summed E-state index contributed by atoms with van der Waals surface area (Å²) in [6.07, 6.45) is 0.957. The van der Waals surface area contributed by atoms with E-state index in [9.17, 15) is 4.79 Å². The van der Waals surface area contributed by atoms with Crippen molar-refractivity contribution in [3.05, 3.63) is 52.8 Å². The number of carbonyl (C=O) groups excluding carboxylic acids is 1. The molecule has 5 rings (SSSR count). The van der Waals surface area contributed by atoms with E-state index in [-0.39, 0.29) is 5.91 Å². The van der Waals surface area contributed by atoms with E-state index in [0.29, 0.717) is 16.9 Å². The second-order valence-corrected chi connectivity index (χ2v) is 8.06. The largest absolute Gasteiger partial charge is 0.370 e. The number of morpholine rings is 1. The van der Waals surface area contributed by atoms with Gasteiger partial charge in [0.05, 0.1) is 36.3 Å². The molecule has 1 fully saturated rings. The van der Waals surface area contributed by atoms with E-state index in [0.717, 1.165) is 66.9 Å². The van der Waals surface area contributed by atoms with Gasteiger partial charge in [0.1, 0.15) is 18.7 Å². The van der Waals surface area contributed by atoms with Crippen molar-refractivity contribution in [1.29, 1.82) is 0 Å². The summed E-state index contributed by atoms with van der Waals surface area (Å²) in [5, 5.41) is 3.97. The van der Waals surface area contributed by atoms with Gasteiger partial charge in [-0.05, 0) is 42.5 Å². The zero-order chi connectivity index (χ0) is 20.5. The van der Waals surface area contributed by atoms with Crippen LogP contribution in [0.3, 0.4) is 0 Å². The fourth-order valence-corrected chi connectivity index (χ4v) is 4.41. The molecule has 0 radical (unpaired) electrons. The third kappa shape index (κ3) is 3.58. The van der Waals surface area contributed by atoms with E-state index in [1.165, 1.54) is 0 Å². The Hall–Kier alpha value is -2.81. The number of para-hydroxylation sites is 2. The molecule has 1 saturated heterocycles. The lowest BCUT2D eigenvalue weighted by Crippen LogP contribution is -3.14. The van der Waals surface area contributed by atoms with E-state index < -0.39 is 0 Å². The zero-order valence-corrected chi connectivity index (χ0v) is 17.4. The van der Waals surface area contributed by atoms with Crippen molar-refractivity contribution in [2.45, 2.75) is 6.42 Å². The minimum Gasteiger partial charge on any atom is -0.370 e. The standard InChI is InChI=1S/C22H23N5O2S/c28-21(23-8-3-9-26-10-12-29-13-11-26)15-6-7-16-18(14-15)25-22(30)27-19-5-2-1-4-17(19)24-20(16)27/h1-2,4-7,14H,3,8-13H2,(H,23,28)(H,25,30)/p+1. The smallest absolute Gasteiger partial charge is 0.251 e. The van der Waals surface area contributed by atoms with Gasteiger partial charge in [-0.3, -0.25) is 9.20 Å². The molecule has 154 valence electrons. The Morgan fingerprint density at radius 1 is 1.23 bits per heavy atom. The number of ether oxygens (including phenoxy) is 1. The van der Waals surface area contributed by atoms with Crippen LogP contribution in [0, 0.1) is 4.77 Å². The number of nitrogens with zero attached hydrogens (tertiary/aromatic N) is 2. The maximum absolute atomic E-state index is 12.6. The highest BCUT2D eigenvalue weighted by atomic mass is 32.1. The topological polar surface area (TPSA) is 75.9 Å². The molecule has 30 heavy (non-hydrogen) atoms. The number of aromatic amines is 1. The number of nitrogens with one attached hydrogen (secondary N) is 3. The van der Waals surface area contributed by atoms with Gasteiger partial charge in [-0.1, -0.05) is 12.1 Å². The van der Waals surface area contributed by atoms with Crippen molar-refractivity contribution in [2.24, 2.45) is 0 Å². The Morgan fingerprint density at radius 2 is 2.07 bits per heavy atom. The first-order chi connectivity index (χ1) is 14.7. The number of quaternary nitrogens is 1. The van der Waals surface area contributed by atoms with Crippen LogP contribution in [-0.4, -0.2) is 59.7 Å². The first-order valence-electron chi connectivity index (χ1n) is 10.3. The van der Waals surface area contributed by atoms with Gasteiger partial charge in [-0.15, -0.1) is 0 Å². The van der Waals surface area contributed by atoms with Gasteiger partial charge in [0, 0.05) is 23.9 Å². The van der Waals surface area contributed by atoms with Crippen LogP contribution in [0.15, 0.2) is 42.5 Å². The quantitative estimate of drug-likeness (QED) is 0.338. The number of carbonyl (C=O) groups is 1. The van der Waals surface area contributed by atoms with Crippen molar-refractivity contribution in [3.8, 4) is 0 Å². The SMILES string of the molecule is O=C(NCCC[NH+]1CCOCC1)c1ccc2c(c1)[nH]c(=S)n1c3ccccc3nc21. The summed E-state index contributed by atoms with van der Waals surface area (Å²) in [5.41, 5.74) is 4.10. The maximum Gasteiger partial charge on any atom is 0.251 e. The highest BCUT2D eigenvalue weighted by molar-refractivity contribution is 7.71. The molecular formula is C22H24N5O2S+. The van der Waals surface area contributed by atoms with Crippen LogP contribution >= 0.6 is 12.2 Å². The Kier molecular flexibility index (Phi) is 5.20. The first kappa shape index (κ1) is 19.2. The van der Waals surface area contributed by atoms with Crippen LogP contribution < -0.4 is 10.2 Å². The molecule has 0 atom stereocenters. The molecule has 2 aromatic heterocycles. The summed E-state index contributed by atoms with van der Waals surface area (Å²) >= 11 is 5.57. The van der Waals surface area contributed by atoms with Crippen LogP contribution in [0.5, 0.6) is 0 Å². The molecule has 0 saturated carbocycles. The lowest BCUT2D eigenvalue weighted by atomic mass is 10.1. The minimum atomic E-state index is -0.0680. The number of fused-ring (bicyclic) bond motifs is 5. The third-order valence-electron chi connectivity index (χ3n) is 5.72. The molecule has 1 aliphatic rings. The number of hydrogen-bond donors (Lipinski definition) is 3. The molecule has 3 N–H and O–H groups in total. The van der Waals surface area contributed by atoms with E-state index in [1.807, 2.05) is 46.9 Å². The van der Waals surface area contributed by atoms with Crippen LogP contribution in [0.1, 0.15) is 16.8 Å². The summed E-state index contributed by atoms with van der Waals surface area (Å²) in [6.45, 7) is 5.49. The van der Waals surface area contributed by atoms with Crippen LogP contribution in [0.25, 0.3) is 27.6 Å². The van der Waals surface area contributed by atoms with E-state index in [1.54, 1.807) is 4.90 Å². The third-order valence-corrected chi connectivity index (χ3v) is 6.01. The van der Waals surface area contributed by atoms with Crippen molar-refractivity contribution in [1.82, 2.24) is 19.7 Å². The fourth-order valence-electron chi connectivity index (χ4n) is 4.12. The monoisotopic (exact) mass is 422 g/mol. The lowest BCUT2D eigenvalue weighted by Gasteiger charge is -2.23. The van der Waals surface area contributed by atoms with Gasteiger partial charge in [0.25, 0.3) is 5.91 Å². The molecule has 4 aromatic rings. The predicted octanol–water partition coefficient (Wildman–Crippen LogP) is 1.73. The summed E-state index contributed by atoms with van der Waals surface area (Å²) < 4.78 is 7.89. The molecule has 0 spiro atoms. The average Bonchev–Trinajstić information content (AvgIpc) is 3.17. The average molecular weight is 423 g/mol. The van der Waals surface area contributed by atoms with Gasteiger partial charge in [-0.25, -0.2) is 4.98 Å². The zero-order valence-electron chi connectivity index (χ0n) is 16.6. The Morgan fingerprint density at radius 3 is 2.93 bits per heavy atom. The summed E-state index contributed by atoms with van der Waals surface area (Å²) in [6, 6.07) is 13.6. The Balaban J connectivity index is 1.35. The molecule has 3 heterocycles. The second-order valence-electron chi connectivity index (χ2n) is 7.67. The number of benzene rings is 2. The fraction of sp³-hybridized carbons (Fsp3) is 0.318. The second kappa shape index (κ2) is 8.14. The maximum atomic E-state index is 12.6. The highest BCUT2D eigenvalue weighted by Crippen LogP contribution is 2.24. The molecule has 0 bridgehead atoms. The summed E-state index contributed by atoms with van der Waals surface area (Å²) in [5.74, 6) is -0.0680. The molecule has 1 amide bonds. The Labute approximate surface area is 178 Å². The molecule has 7 nitrogen and oxygen atoms in total. The molecule has 8 heteroatoms. The van der Waals surface area contributed by atoms with Gasteiger partial charge < -0.3 is 19.9 Å². The summed E-state index contributed by atoms with van der Waals surface area (Å²) in [7, 11) is 0. The van der Waals surface area contributed by atoms with Gasteiger partial charge in [0.2, 0.25) is 0 Å². The van der Waals surface area contributed by atoms with Crippen molar-refractivity contribution in [3.63, 3.8) is 0 Å². The molecule has 0 aliphatic carbocycles. The van der Waals surface area contributed by atoms with E-state index >= 15 is 0 Å². The number of aromatic nitrogens is 3. The van der Waals surface area contributed by atoms with Gasteiger partial charge in [0.15, 0.2) is 4.77 Å². The van der Waals surface area contributed by atoms with Crippen LogP contribution in [0.4, 0.5) is 0 Å². The first-order valence-corrected chi connectivity index (χ1v) is 10.7. The van der Waals surface area contributed by atoms with E-state index in [4.69, 9.17) is 21.9 Å². The van der Waals surface area contributed by atoms with Crippen LogP contribution in [-0.2, 0) is 4.74 Å². The van der Waals surface area contributed by atoms with Crippen molar-refractivity contribution in [2.75, 3.05) is 39.4 Å². The number of H-pyrrole nitrogens is 1. The number of amides is 1. The minimum absolute atomic E-state index is 0.0680. The molecule has 2 aromatic carbocycles. The van der Waals surface area contributed by atoms with Crippen molar-refractivity contribution >= 4 is 45.7 Å². The number of imidazole rings is 1. The Bertz CT molecular complexity index is 1290.